The first-order chi connectivity index (χ1) is 9.60. The fourth-order valence-electron chi connectivity index (χ4n) is 2.12. The molecule has 0 radical (unpaired) electrons. The summed E-state index contributed by atoms with van der Waals surface area (Å²) in [6.45, 7) is 9.68. The van der Waals surface area contributed by atoms with Crippen LogP contribution in [0.2, 0.25) is 0 Å². The molecule has 2 aromatic rings. The second-order valence-electron chi connectivity index (χ2n) is 5.50. The molecule has 2 nitrogen and oxygen atoms in total. The number of nitrogens with zero attached hydrogens (tertiary/aromatic N) is 1. The largest absolute Gasteiger partial charge is 0.304 e. The van der Waals surface area contributed by atoms with Crippen LogP contribution in [-0.4, -0.2) is 4.98 Å². The normalized spacial score (nSPS) is 12.8. The van der Waals surface area contributed by atoms with Crippen molar-refractivity contribution < 1.29 is 0 Å². The molecule has 0 aliphatic heterocycles. The zero-order valence-electron chi connectivity index (χ0n) is 12.8. The summed E-state index contributed by atoms with van der Waals surface area (Å²) in [5.74, 6) is 0.593. The van der Waals surface area contributed by atoms with Gasteiger partial charge in [-0.1, -0.05) is 45.0 Å². The van der Waals surface area contributed by atoms with E-state index >= 15 is 0 Å². The predicted octanol–water partition coefficient (Wildman–Crippen LogP) is 4.68. The van der Waals surface area contributed by atoms with Crippen LogP contribution in [0.3, 0.4) is 0 Å². The highest BCUT2D eigenvalue weighted by Crippen LogP contribution is 2.19. The molecule has 1 N–H and O–H groups in total. The summed E-state index contributed by atoms with van der Waals surface area (Å²) in [4.78, 5) is 5.80. The van der Waals surface area contributed by atoms with Crippen molar-refractivity contribution in [3.05, 3.63) is 51.5 Å². The molecule has 0 bridgehead atoms. The van der Waals surface area contributed by atoms with Crippen LogP contribution >= 0.6 is 11.3 Å². The van der Waals surface area contributed by atoms with Gasteiger partial charge in [0, 0.05) is 23.7 Å². The summed E-state index contributed by atoms with van der Waals surface area (Å²) in [5.41, 5.74) is 2.73. The second-order valence-corrected chi connectivity index (χ2v) is 6.70. The van der Waals surface area contributed by atoms with Crippen LogP contribution in [0.4, 0.5) is 0 Å². The number of aryl methyl sites for hydroxylation is 1. The summed E-state index contributed by atoms with van der Waals surface area (Å²) < 4.78 is 0. The highest BCUT2D eigenvalue weighted by molar-refractivity contribution is 7.11. The van der Waals surface area contributed by atoms with Gasteiger partial charge in [-0.2, -0.15) is 0 Å². The average Bonchev–Trinajstić information content (AvgIpc) is 2.93. The van der Waals surface area contributed by atoms with Gasteiger partial charge in [0.05, 0.1) is 0 Å². The molecule has 0 aliphatic rings. The van der Waals surface area contributed by atoms with Gasteiger partial charge in [-0.3, -0.25) is 0 Å². The molecular formula is C17H24N2S. The molecule has 108 valence electrons. The quantitative estimate of drug-likeness (QED) is 0.835. The van der Waals surface area contributed by atoms with Gasteiger partial charge >= 0.3 is 0 Å². The van der Waals surface area contributed by atoms with E-state index < -0.39 is 0 Å². The number of benzene rings is 1. The standard InChI is InChI=1S/C17H24N2S/c1-5-16-10-19-17(20-16)11-18-13(4)15-8-6-14(7-9-15)12(2)3/h6-10,12-13,18H,5,11H2,1-4H3. The van der Waals surface area contributed by atoms with Crippen LogP contribution in [-0.2, 0) is 13.0 Å². The van der Waals surface area contributed by atoms with Gasteiger partial charge in [-0.05, 0) is 30.4 Å². The van der Waals surface area contributed by atoms with Gasteiger partial charge in [-0.25, -0.2) is 4.98 Å². The summed E-state index contributed by atoms with van der Waals surface area (Å²) in [6.07, 6.45) is 3.06. The van der Waals surface area contributed by atoms with Crippen molar-refractivity contribution in [2.75, 3.05) is 0 Å². The van der Waals surface area contributed by atoms with E-state index in [9.17, 15) is 0 Å². The Balaban J connectivity index is 1.92. The molecule has 0 spiro atoms. The monoisotopic (exact) mass is 288 g/mol. The lowest BCUT2D eigenvalue weighted by Gasteiger charge is -2.14. The number of nitrogens with one attached hydrogen (secondary N) is 1. The molecule has 1 heterocycles. The third-order valence-corrected chi connectivity index (χ3v) is 4.75. The van der Waals surface area contributed by atoms with Gasteiger partial charge in [-0.15, -0.1) is 11.3 Å². The minimum atomic E-state index is 0.352. The van der Waals surface area contributed by atoms with Gasteiger partial charge < -0.3 is 5.32 Å². The molecule has 1 unspecified atom stereocenters. The van der Waals surface area contributed by atoms with Crippen molar-refractivity contribution in [1.29, 1.82) is 0 Å². The minimum Gasteiger partial charge on any atom is -0.304 e. The Morgan fingerprint density at radius 2 is 1.75 bits per heavy atom. The maximum atomic E-state index is 4.45. The third-order valence-electron chi connectivity index (χ3n) is 3.61. The van der Waals surface area contributed by atoms with E-state index in [1.165, 1.54) is 21.0 Å². The van der Waals surface area contributed by atoms with Crippen LogP contribution in [0, 0.1) is 0 Å². The fraction of sp³-hybridized carbons (Fsp3) is 0.471. The van der Waals surface area contributed by atoms with E-state index in [0.29, 0.717) is 12.0 Å². The van der Waals surface area contributed by atoms with Crippen molar-refractivity contribution in [2.45, 2.75) is 52.6 Å². The first-order valence-corrected chi connectivity index (χ1v) is 8.18. The third kappa shape index (κ3) is 3.90. The highest BCUT2D eigenvalue weighted by Gasteiger charge is 2.07. The highest BCUT2D eigenvalue weighted by atomic mass is 32.1. The van der Waals surface area contributed by atoms with Gasteiger partial charge in [0.1, 0.15) is 5.01 Å². The van der Waals surface area contributed by atoms with E-state index in [2.05, 4.69) is 62.3 Å². The van der Waals surface area contributed by atoms with E-state index in [-0.39, 0.29) is 0 Å². The number of hydrogen-bond acceptors (Lipinski definition) is 3. The van der Waals surface area contributed by atoms with E-state index in [1.54, 1.807) is 11.3 Å². The molecular weight excluding hydrogens is 264 g/mol. The summed E-state index contributed by atoms with van der Waals surface area (Å²) in [7, 11) is 0. The molecule has 0 saturated carbocycles. The van der Waals surface area contributed by atoms with E-state index in [0.717, 1.165) is 13.0 Å². The topological polar surface area (TPSA) is 24.9 Å². The van der Waals surface area contributed by atoms with Crippen molar-refractivity contribution in [1.82, 2.24) is 10.3 Å². The van der Waals surface area contributed by atoms with Crippen LogP contribution < -0.4 is 5.32 Å². The number of thiazole rings is 1. The number of hydrogen-bond donors (Lipinski definition) is 1. The molecule has 0 aliphatic carbocycles. The van der Waals surface area contributed by atoms with Crippen molar-refractivity contribution >= 4 is 11.3 Å². The first-order valence-electron chi connectivity index (χ1n) is 7.37. The number of aromatic nitrogens is 1. The molecule has 1 atom stereocenters. The van der Waals surface area contributed by atoms with Crippen LogP contribution in [0.1, 0.15) is 60.7 Å². The fourth-order valence-corrected chi connectivity index (χ4v) is 2.93. The Labute approximate surface area is 126 Å². The lowest BCUT2D eigenvalue weighted by Crippen LogP contribution is -2.17. The first kappa shape index (κ1) is 15.2. The second kappa shape index (κ2) is 7.00. The maximum absolute atomic E-state index is 4.45. The van der Waals surface area contributed by atoms with E-state index in [4.69, 9.17) is 0 Å². The number of rotatable bonds is 6. The van der Waals surface area contributed by atoms with Crippen LogP contribution in [0.5, 0.6) is 0 Å². The van der Waals surface area contributed by atoms with Crippen LogP contribution in [0.25, 0.3) is 0 Å². The molecule has 1 aromatic carbocycles. The SMILES string of the molecule is CCc1cnc(CNC(C)c2ccc(C(C)C)cc2)s1. The molecule has 0 amide bonds. The van der Waals surface area contributed by atoms with E-state index in [1.807, 2.05) is 6.20 Å². The lowest BCUT2D eigenvalue weighted by molar-refractivity contribution is 0.573. The summed E-state index contributed by atoms with van der Waals surface area (Å²) >= 11 is 1.80. The van der Waals surface area contributed by atoms with Crippen molar-refractivity contribution in [3.63, 3.8) is 0 Å². The van der Waals surface area contributed by atoms with Crippen molar-refractivity contribution in [3.8, 4) is 0 Å². The summed E-state index contributed by atoms with van der Waals surface area (Å²) in [6, 6.07) is 9.27. The Hall–Kier alpha value is -1.19. The minimum absolute atomic E-state index is 0.352. The zero-order chi connectivity index (χ0) is 14.5. The van der Waals surface area contributed by atoms with Gasteiger partial charge in [0.25, 0.3) is 0 Å². The predicted molar refractivity (Wildman–Crippen MR) is 87.3 cm³/mol. The van der Waals surface area contributed by atoms with Crippen molar-refractivity contribution in [2.24, 2.45) is 0 Å². The molecule has 20 heavy (non-hydrogen) atoms. The Morgan fingerprint density at radius 3 is 2.30 bits per heavy atom. The van der Waals surface area contributed by atoms with Gasteiger partial charge in [0.2, 0.25) is 0 Å². The van der Waals surface area contributed by atoms with Gasteiger partial charge in [0.15, 0.2) is 0 Å². The summed E-state index contributed by atoms with van der Waals surface area (Å²) in [5, 5.41) is 4.72. The Morgan fingerprint density at radius 1 is 1.10 bits per heavy atom. The molecule has 2 rings (SSSR count). The Bertz CT molecular complexity index is 528. The maximum Gasteiger partial charge on any atom is 0.107 e. The molecule has 1 aromatic heterocycles. The Kier molecular flexibility index (Phi) is 5.32. The smallest absolute Gasteiger partial charge is 0.107 e. The lowest BCUT2D eigenvalue weighted by atomic mass is 10.00. The molecule has 0 saturated heterocycles. The van der Waals surface area contributed by atoms with Crippen LogP contribution in [0.15, 0.2) is 30.5 Å². The zero-order valence-corrected chi connectivity index (χ0v) is 13.6. The molecule has 3 heteroatoms. The average molecular weight is 288 g/mol. The molecule has 0 fully saturated rings.